The Labute approximate surface area is 78.5 Å². The van der Waals surface area contributed by atoms with Gasteiger partial charge in [-0.3, -0.25) is 0 Å². The van der Waals surface area contributed by atoms with Crippen molar-refractivity contribution < 1.29 is 26.3 Å². The van der Waals surface area contributed by atoms with Crippen LogP contribution in [-0.2, 0) is 12.4 Å². The number of hydrogen-bond donors (Lipinski definition) is 0. The van der Waals surface area contributed by atoms with Crippen molar-refractivity contribution in [3.63, 3.8) is 0 Å². The molecular weight excluding hydrogens is 228 g/mol. The van der Waals surface area contributed by atoms with Gasteiger partial charge in [-0.25, -0.2) is 0 Å². The van der Waals surface area contributed by atoms with Crippen LogP contribution in [0.4, 0.5) is 26.3 Å². The highest BCUT2D eigenvalue weighted by molar-refractivity contribution is 5.24. The van der Waals surface area contributed by atoms with Gasteiger partial charge in [-0.15, -0.1) is 0 Å². The summed E-state index contributed by atoms with van der Waals surface area (Å²) in [4.78, 5) is 0. The predicted molar refractivity (Wildman–Crippen MR) is 33.2 cm³/mol. The molecule has 0 radical (unpaired) electrons. The maximum atomic E-state index is 12.1. The van der Waals surface area contributed by atoms with Gasteiger partial charge < -0.3 is 0 Å². The van der Waals surface area contributed by atoms with E-state index in [1.54, 1.807) is 0 Å². The van der Waals surface area contributed by atoms with E-state index < -0.39 is 23.6 Å². The van der Waals surface area contributed by atoms with Crippen LogP contribution >= 0.6 is 0 Å². The monoisotopic (exact) mass is 229 g/mol. The van der Waals surface area contributed by atoms with Crippen molar-refractivity contribution in [2.45, 2.75) is 12.4 Å². The van der Waals surface area contributed by atoms with E-state index >= 15 is 0 Å². The van der Waals surface area contributed by atoms with Gasteiger partial charge in [0.15, 0.2) is 5.69 Å². The molecule has 82 valence electrons. The molecule has 1 heterocycles. The van der Waals surface area contributed by atoms with E-state index in [2.05, 4.69) is 5.10 Å². The van der Waals surface area contributed by atoms with E-state index in [1.165, 1.54) is 0 Å². The normalized spacial score (nSPS) is 12.6. The second-order valence-corrected chi connectivity index (χ2v) is 2.43. The molecule has 0 fully saturated rings. The summed E-state index contributed by atoms with van der Waals surface area (Å²) in [5.74, 6) is 0. The van der Waals surface area contributed by atoms with Crippen LogP contribution in [0.25, 0.3) is 0 Å². The topological polar surface area (TPSA) is 41.6 Å². The molecule has 9 heteroatoms. The number of halogens is 6. The first-order chi connectivity index (χ1) is 6.66. The highest BCUT2D eigenvalue weighted by Gasteiger charge is 2.46. The zero-order valence-electron chi connectivity index (χ0n) is 6.69. The van der Waals surface area contributed by atoms with Gasteiger partial charge in [0, 0.05) is 0 Å². The van der Waals surface area contributed by atoms with E-state index in [9.17, 15) is 26.3 Å². The quantitative estimate of drug-likeness (QED) is 0.640. The van der Waals surface area contributed by atoms with E-state index in [0.717, 1.165) is 6.19 Å². The van der Waals surface area contributed by atoms with Gasteiger partial charge in [0.1, 0.15) is 5.56 Å². The highest BCUT2D eigenvalue weighted by Crippen LogP contribution is 2.39. The lowest BCUT2D eigenvalue weighted by Gasteiger charge is -2.07. The molecule has 0 N–H and O–H groups in total. The predicted octanol–water partition coefficient (Wildman–Crippen LogP) is 2.25. The van der Waals surface area contributed by atoms with Crippen LogP contribution in [0, 0.1) is 11.5 Å². The SMILES string of the molecule is N#Cn1cc(C(F)(F)F)c(C(F)(F)F)n1. The highest BCUT2D eigenvalue weighted by atomic mass is 19.4. The van der Waals surface area contributed by atoms with Crippen LogP contribution in [0.1, 0.15) is 11.3 Å². The summed E-state index contributed by atoms with van der Waals surface area (Å²) in [6.07, 6.45) is -9.41. The minimum Gasteiger partial charge on any atom is -0.173 e. The van der Waals surface area contributed by atoms with Crippen LogP contribution < -0.4 is 0 Å². The molecule has 3 nitrogen and oxygen atoms in total. The average molecular weight is 229 g/mol. The fourth-order valence-corrected chi connectivity index (χ4v) is 0.842. The van der Waals surface area contributed by atoms with Crippen LogP contribution in [0.5, 0.6) is 0 Å². The Morgan fingerprint density at radius 1 is 1.13 bits per heavy atom. The molecule has 1 aromatic rings. The molecule has 0 aromatic carbocycles. The molecule has 0 spiro atoms. The van der Waals surface area contributed by atoms with Crippen LogP contribution in [0.3, 0.4) is 0 Å². The van der Waals surface area contributed by atoms with Gasteiger partial charge in [0.05, 0.1) is 6.20 Å². The zero-order chi connectivity index (χ0) is 11.9. The van der Waals surface area contributed by atoms with Crippen molar-refractivity contribution >= 4 is 0 Å². The molecule has 15 heavy (non-hydrogen) atoms. The minimum absolute atomic E-state index is 0.0111. The fourth-order valence-electron chi connectivity index (χ4n) is 0.842. The first-order valence-electron chi connectivity index (χ1n) is 3.30. The van der Waals surface area contributed by atoms with Gasteiger partial charge in [-0.1, -0.05) is 0 Å². The average Bonchev–Trinajstić information content (AvgIpc) is 2.44. The third-order valence-corrected chi connectivity index (χ3v) is 1.39. The third-order valence-electron chi connectivity index (χ3n) is 1.39. The summed E-state index contributed by atoms with van der Waals surface area (Å²) in [6.45, 7) is 0. The van der Waals surface area contributed by atoms with E-state index in [4.69, 9.17) is 5.26 Å². The molecular formula is C6HF6N3. The minimum atomic E-state index is -5.24. The molecule has 1 rings (SSSR count). The Balaban J connectivity index is 3.39. The Hall–Kier alpha value is -1.72. The van der Waals surface area contributed by atoms with Crippen molar-refractivity contribution in [1.82, 2.24) is 9.78 Å². The maximum Gasteiger partial charge on any atom is 0.435 e. The number of hydrogen-bond acceptors (Lipinski definition) is 2. The van der Waals surface area contributed by atoms with Crippen molar-refractivity contribution in [2.24, 2.45) is 0 Å². The summed E-state index contributed by atoms with van der Waals surface area (Å²) in [7, 11) is 0. The summed E-state index contributed by atoms with van der Waals surface area (Å²) >= 11 is 0. The Bertz CT molecular complexity index is 374. The first-order valence-corrected chi connectivity index (χ1v) is 3.30. The number of nitriles is 1. The Morgan fingerprint density at radius 2 is 1.67 bits per heavy atom. The van der Waals surface area contributed by atoms with Crippen molar-refractivity contribution in [3.05, 3.63) is 17.5 Å². The first kappa shape index (κ1) is 11.4. The van der Waals surface area contributed by atoms with Crippen molar-refractivity contribution in [3.8, 4) is 6.19 Å². The van der Waals surface area contributed by atoms with E-state index in [1.807, 2.05) is 0 Å². The molecule has 0 amide bonds. The van der Waals surface area contributed by atoms with Crippen LogP contribution in [-0.4, -0.2) is 9.78 Å². The summed E-state index contributed by atoms with van der Waals surface area (Å²) in [6, 6.07) is 0. The number of aromatic nitrogens is 2. The molecule has 0 saturated carbocycles. The van der Waals surface area contributed by atoms with Gasteiger partial charge in [-0.2, -0.15) is 41.4 Å². The zero-order valence-corrected chi connectivity index (χ0v) is 6.69. The number of nitrogens with zero attached hydrogens (tertiary/aromatic N) is 3. The number of rotatable bonds is 0. The van der Waals surface area contributed by atoms with Crippen molar-refractivity contribution in [2.75, 3.05) is 0 Å². The second kappa shape index (κ2) is 3.15. The smallest absolute Gasteiger partial charge is 0.173 e. The largest absolute Gasteiger partial charge is 0.435 e. The molecule has 0 saturated heterocycles. The molecule has 0 aliphatic carbocycles. The van der Waals surface area contributed by atoms with Gasteiger partial charge in [0.2, 0.25) is 6.19 Å². The molecule has 0 aliphatic heterocycles. The van der Waals surface area contributed by atoms with Gasteiger partial charge in [-0.05, 0) is 0 Å². The lowest BCUT2D eigenvalue weighted by atomic mass is 10.2. The summed E-state index contributed by atoms with van der Waals surface area (Å²) in [5.41, 5.74) is -4.09. The standard InChI is InChI=1S/C6HF6N3/c7-5(8,9)3-1-15(2-13)14-4(3)6(10,11)12/h1H. The lowest BCUT2D eigenvalue weighted by molar-refractivity contribution is -0.163. The fraction of sp³-hybridized carbons (Fsp3) is 0.333. The summed E-state index contributed by atoms with van der Waals surface area (Å²) in [5, 5.41) is 10.6. The van der Waals surface area contributed by atoms with Gasteiger partial charge >= 0.3 is 12.4 Å². The van der Waals surface area contributed by atoms with Crippen LogP contribution in [0.15, 0.2) is 6.20 Å². The molecule has 0 bridgehead atoms. The van der Waals surface area contributed by atoms with Gasteiger partial charge in [0.25, 0.3) is 0 Å². The second-order valence-electron chi connectivity index (χ2n) is 2.43. The van der Waals surface area contributed by atoms with E-state index in [0.29, 0.717) is 0 Å². The number of alkyl halides is 6. The molecule has 1 aromatic heterocycles. The molecule has 0 atom stereocenters. The van der Waals surface area contributed by atoms with E-state index in [-0.39, 0.29) is 10.9 Å². The maximum absolute atomic E-state index is 12.1. The molecule has 0 unspecified atom stereocenters. The summed E-state index contributed by atoms with van der Waals surface area (Å²) < 4.78 is 72.2. The van der Waals surface area contributed by atoms with Crippen molar-refractivity contribution in [1.29, 1.82) is 5.26 Å². The lowest BCUT2D eigenvalue weighted by Crippen LogP contribution is -2.15. The Morgan fingerprint density at radius 3 is 1.93 bits per heavy atom. The third kappa shape index (κ3) is 2.20. The Kier molecular flexibility index (Phi) is 2.38. The van der Waals surface area contributed by atoms with Crippen LogP contribution in [0.2, 0.25) is 0 Å². The molecule has 0 aliphatic rings.